The Morgan fingerprint density at radius 2 is 2.00 bits per heavy atom. The fourth-order valence-electron chi connectivity index (χ4n) is 2.89. The number of benzene rings is 2. The van der Waals surface area contributed by atoms with Gasteiger partial charge in [0.05, 0.1) is 23.8 Å². The van der Waals surface area contributed by atoms with Crippen molar-refractivity contribution in [2.75, 3.05) is 11.9 Å². The van der Waals surface area contributed by atoms with Crippen molar-refractivity contribution in [2.45, 2.75) is 19.4 Å². The third-order valence-corrected chi connectivity index (χ3v) is 5.56. The fraction of sp³-hybridized carbons (Fsp3) is 0.182. The maximum atomic E-state index is 12.5. The predicted molar refractivity (Wildman–Crippen MR) is 115 cm³/mol. The van der Waals surface area contributed by atoms with Crippen LogP contribution in [0.2, 0.25) is 5.02 Å². The van der Waals surface area contributed by atoms with E-state index in [1.807, 2.05) is 11.4 Å². The summed E-state index contributed by atoms with van der Waals surface area (Å²) >= 11 is 7.63. The average Bonchev–Trinajstić information content (AvgIpc) is 3.23. The van der Waals surface area contributed by atoms with Crippen LogP contribution in [-0.2, 0) is 11.2 Å². The van der Waals surface area contributed by atoms with E-state index in [1.54, 1.807) is 29.5 Å². The number of carbonyl (C=O) groups is 1. The summed E-state index contributed by atoms with van der Waals surface area (Å²) in [5, 5.41) is 17.8. The summed E-state index contributed by atoms with van der Waals surface area (Å²) in [6.07, 6.45) is 0.987. The van der Waals surface area contributed by atoms with Crippen LogP contribution < -0.4 is 10.6 Å². The molecule has 1 aromatic heterocycles. The number of hydrogen-bond acceptors (Lipinski definition) is 4. The van der Waals surface area contributed by atoms with Crippen LogP contribution in [0.15, 0.2) is 60.0 Å². The van der Waals surface area contributed by atoms with Crippen molar-refractivity contribution >= 4 is 34.5 Å². The van der Waals surface area contributed by atoms with Gasteiger partial charge in [0.2, 0.25) is 5.91 Å². The van der Waals surface area contributed by atoms with Gasteiger partial charge in [0, 0.05) is 9.90 Å². The van der Waals surface area contributed by atoms with Crippen LogP contribution in [0.25, 0.3) is 0 Å². The average molecular weight is 410 g/mol. The van der Waals surface area contributed by atoms with Crippen LogP contribution in [0.4, 0.5) is 5.69 Å². The highest BCUT2D eigenvalue weighted by Gasteiger charge is 2.17. The van der Waals surface area contributed by atoms with Crippen molar-refractivity contribution in [3.05, 3.63) is 86.6 Å². The molecule has 2 aromatic carbocycles. The number of nitrogens with zero attached hydrogens (tertiary/aromatic N) is 1. The molecule has 0 aliphatic rings. The summed E-state index contributed by atoms with van der Waals surface area (Å²) in [5.41, 5.74) is 3.17. The Morgan fingerprint density at radius 1 is 1.21 bits per heavy atom. The van der Waals surface area contributed by atoms with E-state index in [9.17, 15) is 10.1 Å². The largest absolute Gasteiger partial charge is 0.324 e. The molecule has 0 radical (unpaired) electrons. The van der Waals surface area contributed by atoms with Gasteiger partial charge in [-0.05, 0) is 47.2 Å². The van der Waals surface area contributed by atoms with E-state index < -0.39 is 0 Å². The van der Waals surface area contributed by atoms with Crippen LogP contribution in [0, 0.1) is 11.3 Å². The highest BCUT2D eigenvalue weighted by molar-refractivity contribution is 7.10. The third-order valence-electron chi connectivity index (χ3n) is 4.39. The lowest BCUT2D eigenvalue weighted by Gasteiger charge is -2.18. The number of amides is 1. The molecule has 0 spiro atoms. The Kier molecular flexibility index (Phi) is 6.83. The molecule has 0 bridgehead atoms. The normalized spacial score (nSPS) is 11.6. The SMILES string of the molecule is CCc1ccc([C@@H](NCC(=O)Nc2cc(Cl)ccc2C#N)c2cccs2)cc1. The van der Waals surface area contributed by atoms with Gasteiger partial charge in [0.15, 0.2) is 0 Å². The smallest absolute Gasteiger partial charge is 0.238 e. The van der Waals surface area contributed by atoms with Gasteiger partial charge in [-0.3, -0.25) is 10.1 Å². The maximum Gasteiger partial charge on any atom is 0.238 e. The molecule has 1 atom stereocenters. The van der Waals surface area contributed by atoms with E-state index in [-0.39, 0.29) is 18.5 Å². The first-order valence-corrected chi connectivity index (χ1v) is 10.2. The third kappa shape index (κ3) is 4.99. The van der Waals surface area contributed by atoms with Crippen LogP contribution in [0.3, 0.4) is 0 Å². The Morgan fingerprint density at radius 3 is 2.64 bits per heavy atom. The lowest BCUT2D eigenvalue weighted by atomic mass is 10.0. The van der Waals surface area contributed by atoms with Gasteiger partial charge in [-0.25, -0.2) is 0 Å². The summed E-state index contributed by atoms with van der Waals surface area (Å²) < 4.78 is 0. The molecule has 1 amide bonds. The molecule has 3 aromatic rings. The monoisotopic (exact) mass is 409 g/mol. The van der Waals surface area contributed by atoms with Crippen molar-refractivity contribution in [3.63, 3.8) is 0 Å². The second kappa shape index (κ2) is 9.52. The predicted octanol–water partition coefficient (Wildman–Crippen LogP) is 5.15. The Hall–Kier alpha value is -2.65. The maximum absolute atomic E-state index is 12.5. The highest BCUT2D eigenvalue weighted by atomic mass is 35.5. The molecular weight excluding hydrogens is 390 g/mol. The van der Waals surface area contributed by atoms with Gasteiger partial charge in [0.1, 0.15) is 6.07 Å². The Bertz CT molecular complexity index is 978. The minimum atomic E-state index is -0.231. The van der Waals surface area contributed by atoms with Crippen molar-refractivity contribution in [1.82, 2.24) is 5.32 Å². The number of carbonyl (C=O) groups excluding carboxylic acids is 1. The number of rotatable bonds is 7. The van der Waals surface area contributed by atoms with E-state index in [1.165, 1.54) is 5.56 Å². The number of hydrogen-bond donors (Lipinski definition) is 2. The second-order valence-electron chi connectivity index (χ2n) is 6.27. The molecule has 0 fully saturated rings. The van der Waals surface area contributed by atoms with E-state index in [2.05, 4.69) is 54.0 Å². The van der Waals surface area contributed by atoms with Gasteiger partial charge in [-0.1, -0.05) is 48.9 Å². The quantitative estimate of drug-likeness (QED) is 0.566. The molecular formula is C22H20ClN3OS. The zero-order valence-electron chi connectivity index (χ0n) is 15.4. The summed E-state index contributed by atoms with van der Waals surface area (Å²) in [6, 6.07) is 19.3. The van der Waals surface area contributed by atoms with Gasteiger partial charge >= 0.3 is 0 Å². The molecule has 0 saturated carbocycles. The van der Waals surface area contributed by atoms with Crippen LogP contribution in [0.5, 0.6) is 0 Å². The van der Waals surface area contributed by atoms with Crippen LogP contribution in [0.1, 0.15) is 34.5 Å². The molecule has 4 nitrogen and oxygen atoms in total. The summed E-state index contributed by atoms with van der Waals surface area (Å²) in [6.45, 7) is 2.23. The molecule has 1 heterocycles. The summed E-state index contributed by atoms with van der Waals surface area (Å²) in [7, 11) is 0. The van der Waals surface area contributed by atoms with Gasteiger partial charge < -0.3 is 5.32 Å². The zero-order valence-corrected chi connectivity index (χ0v) is 17.0. The molecule has 0 aliphatic carbocycles. The minimum Gasteiger partial charge on any atom is -0.324 e. The zero-order chi connectivity index (χ0) is 19.9. The number of anilines is 1. The second-order valence-corrected chi connectivity index (χ2v) is 7.69. The molecule has 142 valence electrons. The number of aryl methyl sites for hydroxylation is 1. The highest BCUT2D eigenvalue weighted by Crippen LogP contribution is 2.26. The number of nitrogens with one attached hydrogen (secondary N) is 2. The Balaban J connectivity index is 1.72. The molecule has 28 heavy (non-hydrogen) atoms. The minimum absolute atomic E-state index is 0.0774. The fourth-order valence-corrected chi connectivity index (χ4v) is 3.89. The number of thiophene rings is 1. The number of nitriles is 1. The van der Waals surface area contributed by atoms with Crippen LogP contribution >= 0.6 is 22.9 Å². The Labute approximate surface area is 173 Å². The lowest BCUT2D eigenvalue weighted by molar-refractivity contribution is -0.115. The summed E-state index contributed by atoms with van der Waals surface area (Å²) in [4.78, 5) is 13.6. The number of halogens is 1. The lowest BCUT2D eigenvalue weighted by Crippen LogP contribution is -2.31. The molecule has 0 unspecified atom stereocenters. The van der Waals surface area contributed by atoms with Gasteiger partial charge in [0.25, 0.3) is 0 Å². The van der Waals surface area contributed by atoms with Crippen LogP contribution in [-0.4, -0.2) is 12.5 Å². The molecule has 3 rings (SSSR count). The first-order chi connectivity index (χ1) is 13.6. The van der Waals surface area contributed by atoms with Gasteiger partial charge in [-0.2, -0.15) is 5.26 Å². The molecule has 0 aliphatic heterocycles. The van der Waals surface area contributed by atoms with E-state index in [0.717, 1.165) is 16.9 Å². The van der Waals surface area contributed by atoms with Crippen molar-refractivity contribution < 1.29 is 4.79 Å². The first-order valence-electron chi connectivity index (χ1n) is 8.96. The molecule has 0 saturated heterocycles. The first kappa shape index (κ1) is 20.1. The molecule has 2 N–H and O–H groups in total. The molecule has 6 heteroatoms. The van der Waals surface area contributed by atoms with E-state index in [4.69, 9.17) is 11.6 Å². The van der Waals surface area contributed by atoms with Gasteiger partial charge in [-0.15, -0.1) is 11.3 Å². The topological polar surface area (TPSA) is 64.9 Å². The van der Waals surface area contributed by atoms with Crippen molar-refractivity contribution in [3.8, 4) is 6.07 Å². The van der Waals surface area contributed by atoms with E-state index in [0.29, 0.717) is 16.3 Å². The summed E-state index contributed by atoms with van der Waals surface area (Å²) in [5.74, 6) is -0.231. The van der Waals surface area contributed by atoms with Crippen molar-refractivity contribution in [1.29, 1.82) is 5.26 Å². The standard InChI is InChI=1S/C22H20ClN3OS/c1-2-15-5-7-16(8-6-15)22(20-4-3-11-28-20)25-14-21(27)26-19-12-18(23)10-9-17(19)13-24/h3-12,22,25H,2,14H2,1H3,(H,26,27)/t22-/m1/s1. The van der Waals surface area contributed by atoms with E-state index >= 15 is 0 Å². The van der Waals surface area contributed by atoms with Crippen molar-refractivity contribution in [2.24, 2.45) is 0 Å².